The van der Waals surface area contributed by atoms with Crippen LogP contribution in [0.1, 0.15) is 57.4 Å². The summed E-state index contributed by atoms with van der Waals surface area (Å²) < 4.78 is 5.16. The number of hydrogen-bond donors (Lipinski definition) is 1. The third-order valence-electron chi connectivity index (χ3n) is 5.43. The molecule has 1 amide bonds. The molecule has 0 saturated carbocycles. The fourth-order valence-electron chi connectivity index (χ4n) is 3.47. The van der Waals surface area contributed by atoms with E-state index < -0.39 is 0 Å². The second-order valence-electron chi connectivity index (χ2n) is 8.46. The number of benzene rings is 2. The Morgan fingerprint density at radius 1 is 1.03 bits per heavy atom. The lowest BCUT2D eigenvalue weighted by atomic mass is 9.86. The Labute approximate surface area is 181 Å². The highest BCUT2D eigenvalue weighted by Crippen LogP contribution is 2.26. The number of carbonyl (C=O) groups is 1. The van der Waals surface area contributed by atoms with Crippen molar-refractivity contribution in [3.8, 4) is 5.75 Å². The van der Waals surface area contributed by atoms with Crippen LogP contribution in [0.5, 0.6) is 5.75 Å². The Morgan fingerprint density at radius 2 is 1.63 bits per heavy atom. The molecule has 1 atom stereocenters. The predicted molar refractivity (Wildman–Crippen MR) is 126 cm³/mol. The minimum atomic E-state index is -0.0886. The van der Waals surface area contributed by atoms with Crippen LogP contribution >= 0.6 is 0 Å². The first-order chi connectivity index (χ1) is 14.3. The first-order valence-corrected chi connectivity index (χ1v) is 10.7. The van der Waals surface area contributed by atoms with Gasteiger partial charge in [-0.25, -0.2) is 0 Å². The van der Waals surface area contributed by atoms with Crippen LogP contribution in [0.2, 0.25) is 0 Å². The smallest absolute Gasteiger partial charge is 0.244 e. The van der Waals surface area contributed by atoms with E-state index in [0.717, 1.165) is 24.4 Å². The van der Waals surface area contributed by atoms with Crippen LogP contribution in [0.25, 0.3) is 6.08 Å². The standard InChI is InChI=1S/C26H36N2O2/c1-7-28(8-2)24(21-12-14-22(15-13-21)26(3,4)5)19-27-25(29)18-11-20-9-16-23(30-6)17-10-20/h9-18,24H,7-8,19H2,1-6H3,(H,27,29)/b18-11+/t24-/m0/s1. The van der Waals surface area contributed by atoms with Crippen molar-refractivity contribution >= 4 is 12.0 Å². The fraction of sp³-hybridized carbons (Fsp3) is 0.423. The fourth-order valence-corrected chi connectivity index (χ4v) is 3.47. The number of hydrogen-bond acceptors (Lipinski definition) is 3. The van der Waals surface area contributed by atoms with E-state index in [9.17, 15) is 4.79 Å². The lowest BCUT2D eigenvalue weighted by molar-refractivity contribution is -0.116. The lowest BCUT2D eigenvalue weighted by Crippen LogP contribution is -2.37. The van der Waals surface area contributed by atoms with Gasteiger partial charge >= 0.3 is 0 Å². The van der Waals surface area contributed by atoms with Gasteiger partial charge in [0.1, 0.15) is 5.75 Å². The molecule has 0 aromatic heterocycles. The molecule has 0 heterocycles. The van der Waals surface area contributed by atoms with E-state index in [4.69, 9.17) is 4.74 Å². The van der Waals surface area contributed by atoms with Crippen LogP contribution in [-0.2, 0) is 10.2 Å². The van der Waals surface area contributed by atoms with Crippen molar-refractivity contribution < 1.29 is 9.53 Å². The zero-order valence-corrected chi connectivity index (χ0v) is 19.2. The first kappa shape index (κ1) is 23.7. The van der Waals surface area contributed by atoms with E-state index >= 15 is 0 Å². The summed E-state index contributed by atoms with van der Waals surface area (Å²) in [6.45, 7) is 13.4. The molecular formula is C26H36N2O2. The average Bonchev–Trinajstić information content (AvgIpc) is 2.75. The van der Waals surface area contributed by atoms with Crippen LogP contribution in [0.4, 0.5) is 0 Å². The predicted octanol–water partition coefficient (Wildman–Crippen LogP) is 5.21. The Kier molecular flexibility index (Phi) is 8.67. The number of likely N-dealkylation sites (N-methyl/N-ethyl adjacent to an activating group) is 1. The van der Waals surface area contributed by atoms with Crippen molar-refractivity contribution in [2.45, 2.75) is 46.1 Å². The molecule has 1 N–H and O–H groups in total. The minimum Gasteiger partial charge on any atom is -0.497 e. The number of methoxy groups -OCH3 is 1. The van der Waals surface area contributed by atoms with Gasteiger partial charge in [0.05, 0.1) is 13.2 Å². The third kappa shape index (κ3) is 6.74. The summed E-state index contributed by atoms with van der Waals surface area (Å²) in [6, 6.07) is 16.6. The Morgan fingerprint density at radius 3 is 2.13 bits per heavy atom. The van der Waals surface area contributed by atoms with Crippen LogP contribution in [0.3, 0.4) is 0 Å². The lowest BCUT2D eigenvalue weighted by Gasteiger charge is -2.30. The zero-order chi connectivity index (χ0) is 22.1. The Balaban J connectivity index is 2.07. The number of carbonyl (C=O) groups excluding carboxylic acids is 1. The molecule has 0 aliphatic carbocycles. The Bertz CT molecular complexity index is 814. The van der Waals surface area contributed by atoms with Crippen molar-refractivity contribution in [2.24, 2.45) is 0 Å². The van der Waals surface area contributed by atoms with Crippen LogP contribution in [0.15, 0.2) is 54.6 Å². The van der Waals surface area contributed by atoms with Gasteiger partial charge in [0.25, 0.3) is 0 Å². The second-order valence-corrected chi connectivity index (χ2v) is 8.46. The molecule has 0 saturated heterocycles. The molecule has 30 heavy (non-hydrogen) atoms. The van der Waals surface area contributed by atoms with E-state index in [1.807, 2.05) is 30.3 Å². The van der Waals surface area contributed by atoms with Gasteiger partial charge in [0.2, 0.25) is 5.91 Å². The molecule has 0 fully saturated rings. The molecule has 0 aliphatic heterocycles. The van der Waals surface area contributed by atoms with Gasteiger partial charge in [-0.05, 0) is 53.4 Å². The van der Waals surface area contributed by atoms with Crippen molar-refractivity contribution in [2.75, 3.05) is 26.7 Å². The van der Waals surface area contributed by atoms with Gasteiger partial charge in [-0.1, -0.05) is 71.0 Å². The summed E-state index contributed by atoms with van der Waals surface area (Å²) in [7, 11) is 1.64. The van der Waals surface area contributed by atoms with Gasteiger partial charge in [-0.2, -0.15) is 0 Å². The zero-order valence-electron chi connectivity index (χ0n) is 19.2. The molecule has 162 valence electrons. The molecule has 0 bridgehead atoms. The van der Waals surface area contributed by atoms with Crippen molar-refractivity contribution in [3.05, 3.63) is 71.3 Å². The first-order valence-electron chi connectivity index (χ1n) is 10.7. The minimum absolute atomic E-state index is 0.0886. The van der Waals surface area contributed by atoms with Crippen molar-refractivity contribution in [1.82, 2.24) is 10.2 Å². The summed E-state index contributed by atoms with van der Waals surface area (Å²) in [5.41, 5.74) is 3.63. The van der Waals surface area contributed by atoms with Gasteiger partial charge in [-0.15, -0.1) is 0 Å². The van der Waals surface area contributed by atoms with E-state index in [-0.39, 0.29) is 17.4 Å². The van der Waals surface area contributed by atoms with E-state index in [1.165, 1.54) is 11.1 Å². The molecule has 0 unspecified atom stereocenters. The maximum atomic E-state index is 12.4. The third-order valence-corrected chi connectivity index (χ3v) is 5.43. The highest BCUT2D eigenvalue weighted by Gasteiger charge is 2.20. The number of nitrogens with zero attached hydrogens (tertiary/aromatic N) is 1. The molecule has 2 aromatic carbocycles. The molecule has 4 heteroatoms. The van der Waals surface area contributed by atoms with E-state index in [2.05, 4.69) is 69.1 Å². The summed E-state index contributed by atoms with van der Waals surface area (Å²) in [6.07, 6.45) is 3.41. The maximum Gasteiger partial charge on any atom is 0.244 e. The maximum absolute atomic E-state index is 12.4. The average molecular weight is 409 g/mol. The molecule has 0 radical (unpaired) electrons. The SMILES string of the molecule is CCN(CC)[C@@H](CNC(=O)/C=C/c1ccc(OC)cc1)c1ccc(C(C)(C)C)cc1. The Hall–Kier alpha value is -2.59. The van der Waals surface area contributed by atoms with Crippen LogP contribution in [0, 0.1) is 0 Å². The summed E-state index contributed by atoms with van der Waals surface area (Å²) in [4.78, 5) is 14.8. The molecule has 0 spiro atoms. The quantitative estimate of drug-likeness (QED) is 0.580. The summed E-state index contributed by atoms with van der Waals surface area (Å²) in [5.74, 6) is 0.713. The van der Waals surface area contributed by atoms with Gasteiger partial charge in [0.15, 0.2) is 0 Å². The van der Waals surface area contributed by atoms with Gasteiger partial charge in [-0.3, -0.25) is 9.69 Å². The topological polar surface area (TPSA) is 41.6 Å². The number of ether oxygens (including phenoxy) is 1. The van der Waals surface area contributed by atoms with Crippen LogP contribution in [-0.4, -0.2) is 37.6 Å². The van der Waals surface area contributed by atoms with Crippen LogP contribution < -0.4 is 10.1 Å². The normalized spacial score (nSPS) is 12.9. The monoisotopic (exact) mass is 408 g/mol. The molecule has 2 aromatic rings. The number of rotatable bonds is 9. The highest BCUT2D eigenvalue weighted by atomic mass is 16.5. The van der Waals surface area contributed by atoms with Gasteiger partial charge in [0, 0.05) is 12.6 Å². The highest BCUT2D eigenvalue weighted by molar-refractivity contribution is 5.91. The van der Waals surface area contributed by atoms with E-state index in [1.54, 1.807) is 13.2 Å². The molecule has 2 rings (SSSR count). The number of amides is 1. The second kappa shape index (κ2) is 11.0. The molecule has 0 aliphatic rings. The van der Waals surface area contributed by atoms with E-state index in [0.29, 0.717) is 6.54 Å². The van der Waals surface area contributed by atoms with Crippen molar-refractivity contribution in [1.29, 1.82) is 0 Å². The molecule has 4 nitrogen and oxygen atoms in total. The van der Waals surface area contributed by atoms with Crippen molar-refractivity contribution in [3.63, 3.8) is 0 Å². The summed E-state index contributed by atoms with van der Waals surface area (Å²) in [5, 5.41) is 3.08. The number of nitrogens with one attached hydrogen (secondary N) is 1. The summed E-state index contributed by atoms with van der Waals surface area (Å²) >= 11 is 0. The molecular weight excluding hydrogens is 372 g/mol. The largest absolute Gasteiger partial charge is 0.497 e. The van der Waals surface area contributed by atoms with Gasteiger partial charge < -0.3 is 10.1 Å².